The Balaban J connectivity index is 1.54. The number of fused-ring (bicyclic) bond motifs is 1. The molecule has 10 nitrogen and oxygen atoms in total. The quantitative estimate of drug-likeness (QED) is 0.455. The molecule has 3 heterocycles. The molecular formula is C22H20N8O2. The molecule has 5 rings (SSSR count). The van der Waals surface area contributed by atoms with Gasteiger partial charge in [0.05, 0.1) is 5.69 Å². The largest absolute Gasteiger partial charge is 0.329 e. The van der Waals surface area contributed by atoms with Crippen molar-refractivity contribution in [2.24, 2.45) is 7.05 Å². The van der Waals surface area contributed by atoms with Crippen LogP contribution in [0.4, 0.5) is 0 Å². The van der Waals surface area contributed by atoms with Gasteiger partial charge in [-0.1, -0.05) is 49.4 Å². The third-order valence-corrected chi connectivity index (χ3v) is 5.51. The summed E-state index contributed by atoms with van der Waals surface area (Å²) in [5.41, 5.74) is 3.80. The number of aromatic amines is 1. The number of aryl methyl sites for hydroxylation is 1. The summed E-state index contributed by atoms with van der Waals surface area (Å²) in [6.07, 6.45) is 2.20. The Labute approximate surface area is 181 Å². The second-order valence-corrected chi connectivity index (χ2v) is 7.43. The molecule has 0 spiro atoms. The van der Waals surface area contributed by atoms with E-state index >= 15 is 0 Å². The fraction of sp³-hybridized carbons (Fsp3) is 0.182. The molecule has 0 radical (unpaired) electrons. The zero-order valence-electron chi connectivity index (χ0n) is 17.6. The van der Waals surface area contributed by atoms with Crippen LogP contribution in [0.2, 0.25) is 0 Å². The zero-order valence-corrected chi connectivity index (χ0v) is 17.6. The van der Waals surface area contributed by atoms with Crippen LogP contribution < -0.4 is 11.2 Å². The van der Waals surface area contributed by atoms with Crippen molar-refractivity contribution in [3.63, 3.8) is 0 Å². The van der Waals surface area contributed by atoms with E-state index < -0.39 is 5.69 Å². The summed E-state index contributed by atoms with van der Waals surface area (Å²) < 4.78 is 4.57. The average molecular weight is 428 g/mol. The SMILES string of the molecule is CCc1nc2[nH]c(=O)n(C)c(=O)c2n1Cc1ccc(-c2ccccc2-n2cnnn2)cc1. The van der Waals surface area contributed by atoms with Gasteiger partial charge in [-0.15, -0.1) is 5.10 Å². The highest BCUT2D eigenvalue weighted by molar-refractivity contribution is 5.73. The number of aromatic nitrogens is 8. The molecule has 1 N–H and O–H groups in total. The van der Waals surface area contributed by atoms with Gasteiger partial charge in [0.15, 0.2) is 11.2 Å². The first-order chi connectivity index (χ1) is 15.6. The van der Waals surface area contributed by atoms with Gasteiger partial charge in [0.25, 0.3) is 5.56 Å². The predicted octanol–water partition coefficient (Wildman–Crippen LogP) is 1.68. The fourth-order valence-electron chi connectivity index (χ4n) is 3.84. The molecule has 0 aliphatic rings. The second kappa shape index (κ2) is 7.73. The van der Waals surface area contributed by atoms with Gasteiger partial charge < -0.3 is 4.57 Å². The highest BCUT2D eigenvalue weighted by Gasteiger charge is 2.16. The molecule has 0 bridgehead atoms. The molecule has 10 heteroatoms. The fourth-order valence-corrected chi connectivity index (χ4v) is 3.84. The van der Waals surface area contributed by atoms with Gasteiger partial charge in [0.1, 0.15) is 12.2 Å². The molecule has 160 valence electrons. The smallest absolute Gasteiger partial charge is 0.318 e. The van der Waals surface area contributed by atoms with Crippen molar-refractivity contribution in [2.75, 3.05) is 0 Å². The van der Waals surface area contributed by atoms with Crippen LogP contribution in [0.25, 0.3) is 28.0 Å². The van der Waals surface area contributed by atoms with Crippen LogP contribution in [0.1, 0.15) is 18.3 Å². The Kier molecular flexibility index (Phi) is 4.74. The number of para-hydroxylation sites is 1. The van der Waals surface area contributed by atoms with E-state index in [4.69, 9.17) is 0 Å². The molecule has 0 saturated carbocycles. The summed E-state index contributed by atoms with van der Waals surface area (Å²) >= 11 is 0. The van der Waals surface area contributed by atoms with Crippen LogP contribution in [0.5, 0.6) is 0 Å². The minimum absolute atomic E-state index is 0.321. The van der Waals surface area contributed by atoms with Gasteiger partial charge in [-0.05, 0) is 27.6 Å². The van der Waals surface area contributed by atoms with E-state index in [0.717, 1.165) is 32.8 Å². The van der Waals surface area contributed by atoms with E-state index in [0.29, 0.717) is 24.1 Å². The minimum atomic E-state index is -0.472. The van der Waals surface area contributed by atoms with Crippen molar-refractivity contribution >= 4 is 11.2 Å². The molecule has 0 unspecified atom stereocenters. The van der Waals surface area contributed by atoms with E-state index in [-0.39, 0.29) is 5.56 Å². The molecule has 3 aromatic heterocycles. The van der Waals surface area contributed by atoms with Crippen LogP contribution in [0, 0.1) is 0 Å². The average Bonchev–Trinajstić information content (AvgIpc) is 3.46. The first kappa shape index (κ1) is 19.6. The Morgan fingerprint density at radius 2 is 1.81 bits per heavy atom. The number of nitrogens with zero attached hydrogens (tertiary/aromatic N) is 7. The number of nitrogens with one attached hydrogen (secondary N) is 1. The Morgan fingerprint density at radius 3 is 2.53 bits per heavy atom. The van der Waals surface area contributed by atoms with Crippen molar-refractivity contribution in [1.82, 2.24) is 39.3 Å². The first-order valence-corrected chi connectivity index (χ1v) is 10.2. The molecule has 0 aliphatic carbocycles. The van der Waals surface area contributed by atoms with Gasteiger partial charge in [0, 0.05) is 25.6 Å². The third-order valence-electron chi connectivity index (χ3n) is 5.51. The molecule has 0 atom stereocenters. The summed E-state index contributed by atoms with van der Waals surface area (Å²) in [4.78, 5) is 31.8. The molecule has 0 fully saturated rings. The second-order valence-electron chi connectivity index (χ2n) is 7.43. The molecule has 2 aromatic carbocycles. The molecule has 0 aliphatic heterocycles. The standard InChI is InChI=1S/C22H20N8O2/c1-3-18-24-20-19(21(31)28(2)22(32)25-20)29(18)12-14-8-10-15(11-9-14)16-6-4-5-7-17(16)30-13-23-26-27-30/h4-11,13H,3,12H2,1-2H3,(H,25,32). The molecule has 5 aromatic rings. The van der Waals surface area contributed by atoms with Gasteiger partial charge in [-0.3, -0.25) is 14.3 Å². The highest BCUT2D eigenvalue weighted by Crippen LogP contribution is 2.26. The summed E-state index contributed by atoms with van der Waals surface area (Å²) in [6, 6.07) is 16.0. The summed E-state index contributed by atoms with van der Waals surface area (Å²) in [5.74, 6) is 0.743. The van der Waals surface area contributed by atoms with Crippen molar-refractivity contribution in [3.05, 3.63) is 87.1 Å². The number of imidazole rings is 1. The monoisotopic (exact) mass is 428 g/mol. The first-order valence-electron chi connectivity index (χ1n) is 10.2. The maximum atomic E-state index is 12.7. The van der Waals surface area contributed by atoms with Gasteiger partial charge in [-0.2, -0.15) is 4.68 Å². The van der Waals surface area contributed by atoms with E-state index in [1.54, 1.807) is 11.0 Å². The van der Waals surface area contributed by atoms with Crippen LogP contribution in [0.3, 0.4) is 0 Å². The van der Waals surface area contributed by atoms with Crippen molar-refractivity contribution in [2.45, 2.75) is 19.9 Å². The summed E-state index contributed by atoms with van der Waals surface area (Å²) in [5, 5.41) is 11.4. The maximum absolute atomic E-state index is 12.7. The molecule has 0 saturated heterocycles. The topological polar surface area (TPSA) is 116 Å². The van der Waals surface area contributed by atoms with Crippen molar-refractivity contribution in [3.8, 4) is 16.8 Å². The summed E-state index contributed by atoms with van der Waals surface area (Å²) in [6.45, 7) is 2.44. The van der Waals surface area contributed by atoms with E-state index in [2.05, 4.69) is 25.5 Å². The van der Waals surface area contributed by atoms with Gasteiger partial charge >= 0.3 is 5.69 Å². The maximum Gasteiger partial charge on any atom is 0.329 e. The van der Waals surface area contributed by atoms with Gasteiger partial charge in [-0.25, -0.2) is 9.78 Å². The minimum Gasteiger partial charge on any atom is -0.318 e. The van der Waals surface area contributed by atoms with Crippen molar-refractivity contribution < 1.29 is 0 Å². The number of hydrogen-bond donors (Lipinski definition) is 1. The lowest BCUT2D eigenvalue weighted by Crippen LogP contribution is -2.33. The number of hydrogen-bond acceptors (Lipinski definition) is 6. The van der Waals surface area contributed by atoms with E-state index in [1.807, 2.05) is 60.0 Å². The molecule has 0 amide bonds. The van der Waals surface area contributed by atoms with Crippen LogP contribution >= 0.6 is 0 Å². The lowest BCUT2D eigenvalue weighted by molar-refractivity contribution is 0.737. The number of H-pyrrole nitrogens is 1. The Hall–Kier alpha value is -4.34. The highest BCUT2D eigenvalue weighted by atomic mass is 16.2. The zero-order chi connectivity index (χ0) is 22.2. The molecule has 32 heavy (non-hydrogen) atoms. The normalized spacial score (nSPS) is 11.3. The van der Waals surface area contributed by atoms with Crippen LogP contribution in [0.15, 0.2) is 64.4 Å². The Morgan fingerprint density at radius 1 is 1.03 bits per heavy atom. The number of benzene rings is 2. The Bertz CT molecular complexity index is 1530. The van der Waals surface area contributed by atoms with Crippen molar-refractivity contribution in [1.29, 1.82) is 0 Å². The lowest BCUT2D eigenvalue weighted by Gasteiger charge is -2.11. The van der Waals surface area contributed by atoms with E-state index in [1.165, 1.54) is 7.05 Å². The summed E-state index contributed by atoms with van der Waals surface area (Å²) in [7, 11) is 1.46. The van der Waals surface area contributed by atoms with Gasteiger partial charge in [0.2, 0.25) is 0 Å². The number of tetrazole rings is 1. The molecular weight excluding hydrogens is 408 g/mol. The third kappa shape index (κ3) is 3.22. The lowest BCUT2D eigenvalue weighted by atomic mass is 10.0. The van der Waals surface area contributed by atoms with E-state index in [9.17, 15) is 9.59 Å². The number of rotatable bonds is 5. The van der Waals surface area contributed by atoms with Crippen LogP contribution in [-0.2, 0) is 20.0 Å². The van der Waals surface area contributed by atoms with Crippen LogP contribution in [-0.4, -0.2) is 39.3 Å². The predicted molar refractivity (Wildman–Crippen MR) is 119 cm³/mol.